The molecule has 3 heteroatoms. The molecule has 0 amide bonds. The molecule has 0 saturated carbocycles. The van der Waals surface area contributed by atoms with E-state index >= 15 is 0 Å². The number of aromatic amines is 1. The van der Waals surface area contributed by atoms with Gasteiger partial charge < -0.3 is 4.98 Å². The van der Waals surface area contributed by atoms with Gasteiger partial charge in [0, 0.05) is 48.1 Å². The third-order valence-electron chi connectivity index (χ3n) is 4.17. The highest BCUT2D eigenvalue weighted by molar-refractivity contribution is 5.79. The SMILES string of the molecule is c1ccc(C2CCN2Cc2cc3cnccc3[nH]2)cc1. The predicted octanol–water partition coefficient (Wildman–Crippen LogP) is 3.51. The van der Waals surface area contributed by atoms with E-state index in [1.165, 1.54) is 35.1 Å². The number of benzene rings is 1. The zero-order valence-corrected chi connectivity index (χ0v) is 11.3. The second kappa shape index (κ2) is 4.76. The summed E-state index contributed by atoms with van der Waals surface area (Å²) in [5.41, 5.74) is 3.87. The molecule has 0 spiro atoms. The average molecular weight is 263 g/mol. The minimum absolute atomic E-state index is 0.570. The number of likely N-dealkylation sites (tertiary alicyclic amines) is 1. The van der Waals surface area contributed by atoms with Gasteiger partial charge in [-0.3, -0.25) is 9.88 Å². The summed E-state index contributed by atoms with van der Waals surface area (Å²) in [7, 11) is 0. The number of nitrogens with zero attached hydrogens (tertiary/aromatic N) is 2. The first-order valence-corrected chi connectivity index (χ1v) is 7.11. The van der Waals surface area contributed by atoms with Crippen LogP contribution < -0.4 is 0 Å². The molecular formula is C17H17N3. The minimum Gasteiger partial charge on any atom is -0.357 e. The van der Waals surface area contributed by atoms with Crippen LogP contribution in [0.15, 0.2) is 54.9 Å². The number of nitrogens with one attached hydrogen (secondary N) is 1. The van der Waals surface area contributed by atoms with E-state index in [0.717, 1.165) is 6.54 Å². The molecule has 1 N–H and O–H groups in total. The summed E-state index contributed by atoms with van der Waals surface area (Å²) in [6, 6.07) is 15.6. The maximum atomic E-state index is 4.17. The van der Waals surface area contributed by atoms with E-state index in [-0.39, 0.29) is 0 Å². The van der Waals surface area contributed by atoms with E-state index in [1.807, 2.05) is 18.5 Å². The van der Waals surface area contributed by atoms with E-state index in [4.69, 9.17) is 0 Å². The molecule has 0 radical (unpaired) electrons. The maximum Gasteiger partial charge on any atom is 0.0487 e. The minimum atomic E-state index is 0.570. The monoisotopic (exact) mass is 263 g/mol. The second-order valence-corrected chi connectivity index (χ2v) is 5.44. The Morgan fingerprint density at radius 1 is 1.20 bits per heavy atom. The van der Waals surface area contributed by atoms with Crippen LogP contribution in [0.1, 0.15) is 23.7 Å². The molecule has 1 aliphatic heterocycles. The summed E-state index contributed by atoms with van der Waals surface area (Å²) in [5.74, 6) is 0. The third kappa shape index (κ3) is 2.00. The predicted molar refractivity (Wildman–Crippen MR) is 80.3 cm³/mol. The van der Waals surface area contributed by atoms with E-state index < -0.39 is 0 Å². The van der Waals surface area contributed by atoms with Crippen molar-refractivity contribution in [3.05, 3.63) is 66.1 Å². The summed E-state index contributed by atoms with van der Waals surface area (Å²) in [5, 5.41) is 1.19. The van der Waals surface area contributed by atoms with E-state index in [1.54, 1.807) is 0 Å². The quantitative estimate of drug-likeness (QED) is 0.784. The summed E-state index contributed by atoms with van der Waals surface area (Å²) in [6.45, 7) is 2.15. The Hall–Kier alpha value is -2.13. The van der Waals surface area contributed by atoms with Gasteiger partial charge in [0.05, 0.1) is 0 Å². The molecule has 100 valence electrons. The van der Waals surface area contributed by atoms with E-state index in [9.17, 15) is 0 Å². The normalized spacial score (nSPS) is 19.1. The van der Waals surface area contributed by atoms with Crippen LogP contribution in [-0.4, -0.2) is 21.4 Å². The Bertz CT molecular complexity index is 684. The molecule has 1 fully saturated rings. The fraction of sp³-hybridized carbons (Fsp3) is 0.235. The Balaban J connectivity index is 1.54. The van der Waals surface area contributed by atoms with E-state index in [0.29, 0.717) is 6.04 Å². The number of aromatic nitrogens is 2. The van der Waals surface area contributed by atoms with Gasteiger partial charge in [-0.1, -0.05) is 30.3 Å². The largest absolute Gasteiger partial charge is 0.357 e. The van der Waals surface area contributed by atoms with Crippen molar-refractivity contribution < 1.29 is 0 Å². The number of H-pyrrole nitrogens is 1. The lowest BCUT2D eigenvalue weighted by Gasteiger charge is -2.41. The number of hydrogen-bond donors (Lipinski definition) is 1. The fourth-order valence-electron chi connectivity index (χ4n) is 3.02. The molecule has 3 nitrogen and oxygen atoms in total. The van der Waals surface area contributed by atoms with Gasteiger partial charge in [-0.05, 0) is 24.1 Å². The molecule has 1 unspecified atom stereocenters. The van der Waals surface area contributed by atoms with Crippen LogP contribution >= 0.6 is 0 Å². The zero-order chi connectivity index (χ0) is 13.4. The summed E-state index contributed by atoms with van der Waals surface area (Å²) >= 11 is 0. The Morgan fingerprint density at radius 3 is 2.85 bits per heavy atom. The van der Waals surface area contributed by atoms with Crippen LogP contribution in [0.4, 0.5) is 0 Å². The highest BCUT2D eigenvalue weighted by Crippen LogP contribution is 2.34. The molecule has 1 saturated heterocycles. The highest BCUT2D eigenvalue weighted by atomic mass is 15.2. The molecule has 4 rings (SSSR count). The summed E-state index contributed by atoms with van der Waals surface area (Å²) in [6.07, 6.45) is 5.00. The van der Waals surface area contributed by atoms with Crippen LogP contribution in [0.5, 0.6) is 0 Å². The lowest BCUT2D eigenvalue weighted by atomic mass is 9.94. The topological polar surface area (TPSA) is 31.9 Å². The molecule has 2 aromatic heterocycles. The zero-order valence-electron chi connectivity index (χ0n) is 11.3. The van der Waals surface area contributed by atoms with Crippen molar-refractivity contribution >= 4 is 10.9 Å². The van der Waals surface area contributed by atoms with Gasteiger partial charge >= 0.3 is 0 Å². The Kier molecular flexibility index (Phi) is 2.78. The summed E-state index contributed by atoms with van der Waals surface area (Å²) < 4.78 is 0. The lowest BCUT2D eigenvalue weighted by molar-refractivity contribution is 0.0807. The van der Waals surface area contributed by atoms with Crippen molar-refractivity contribution in [1.29, 1.82) is 0 Å². The van der Waals surface area contributed by atoms with Gasteiger partial charge in [-0.25, -0.2) is 0 Å². The maximum absolute atomic E-state index is 4.17. The van der Waals surface area contributed by atoms with Crippen LogP contribution in [0, 0.1) is 0 Å². The first kappa shape index (κ1) is 11.7. The van der Waals surface area contributed by atoms with Crippen molar-refractivity contribution in [3.63, 3.8) is 0 Å². The summed E-state index contributed by atoms with van der Waals surface area (Å²) in [4.78, 5) is 10.2. The Morgan fingerprint density at radius 2 is 2.10 bits per heavy atom. The molecule has 1 aromatic carbocycles. The molecule has 3 heterocycles. The number of rotatable bonds is 3. The molecule has 0 bridgehead atoms. The fourth-order valence-corrected chi connectivity index (χ4v) is 3.02. The van der Waals surface area contributed by atoms with Gasteiger partial charge in [0.2, 0.25) is 0 Å². The smallest absolute Gasteiger partial charge is 0.0487 e. The first-order chi connectivity index (χ1) is 9.90. The molecule has 0 aliphatic carbocycles. The van der Waals surface area contributed by atoms with Gasteiger partial charge in [0.25, 0.3) is 0 Å². The average Bonchev–Trinajstić information content (AvgIpc) is 2.87. The number of hydrogen-bond acceptors (Lipinski definition) is 2. The van der Waals surface area contributed by atoms with Crippen LogP contribution in [0.3, 0.4) is 0 Å². The van der Waals surface area contributed by atoms with Gasteiger partial charge in [0.15, 0.2) is 0 Å². The number of pyridine rings is 1. The molecule has 20 heavy (non-hydrogen) atoms. The standard InChI is InChI=1S/C17H17N3/c1-2-4-13(5-3-1)17-7-9-20(17)12-15-10-14-11-18-8-6-16(14)19-15/h1-6,8,10-11,17,19H,7,9,12H2. The van der Waals surface area contributed by atoms with Gasteiger partial charge in [0.1, 0.15) is 0 Å². The Labute approximate surface area is 118 Å². The van der Waals surface area contributed by atoms with Crippen molar-refractivity contribution in [2.24, 2.45) is 0 Å². The van der Waals surface area contributed by atoms with Crippen molar-refractivity contribution in [2.45, 2.75) is 19.0 Å². The van der Waals surface area contributed by atoms with Gasteiger partial charge in [-0.15, -0.1) is 0 Å². The molecule has 3 aromatic rings. The van der Waals surface area contributed by atoms with Crippen molar-refractivity contribution in [1.82, 2.24) is 14.9 Å². The molecule has 1 aliphatic rings. The van der Waals surface area contributed by atoms with Crippen LogP contribution in [0.25, 0.3) is 10.9 Å². The lowest BCUT2D eigenvalue weighted by Crippen LogP contribution is -2.40. The molecule has 1 atom stereocenters. The first-order valence-electron chi connectivity index (χ1n) is 7.11. The highest BCUT2D eigenvalue weighted by Gasteiger charge is 2.29. The number of fused-ring (bicyclic) bond motifs is 1. The van der Waals surface area contributed by atoms with Crippen molar-refractivity contribution in [3.8, 4) is 0 Å². The molecular weight excluding hydrogens is 246 g/mol. The van der Waals surface area contributed by atoms with Crippen molar-refractivity contribution in [2.75, 3.05) is 6.54 Å². The van der Waals surface area contributed by atoms with E-state index in [2.05, 4.69) is 51.3 Å². The van der Waals surface area contributed by atoms with Crippen LogP contribution in [0.2, 0.25) is 0 Å². The van der Waals surface area contributed by atoms with Crippen LogP contribution in [-0.2, 0) is 6.54 Å². The van der Waals surface area contributed by atoms with Gasteiger partial charge in [-0.2, -0.15) is 0 Å². The second-order valence-electron chi connectivity index (χ2n) is 5.44. The third-order valence-corrected chi connectivity index (χ3v) is 4.17.